The Kier molecular flexibility index (Phi) is 2.57. The van der Waals surface area contributed by atoms with Gasteiger partial charge in [0.2, 0.25) is 0 Å². The van der Waals surface area contributed by atoms with Crippen molar-refractivity contribution in [2.24, 2.45) is 0 Å². The van der Waals surface area contributed by atoms with Crippen LogP contribution in [-0.4, -0.2) is 20.1 Å². The van der Waals surface area contributed by atoms with E-state index < -0.39 is 0 Å². The third kappa shape index (κ3) is 1.98. The van der Waals surface area contributed by atoms with Crippen LogP contribution in [0.3, 0.4) is 0 Å². The highest BCUT2D eigenvalue weighted by atomic mass is 16.5. The topological polar surface area (TPSA) is 64.7 Å². The maximum atomic E-state index is 5.29. The summed E-state index contributed by atoms with van der Waals surface area (Å²) in [5.74, 6) is 1.33. The molecule has 0 aliphatic rings. The molecule has 0 aromatic carbocycles. The van der Waals surface area contributed by atoms with Gasteiger partial charge in [0.1, 0.15) is 17.2 Å². The first kappa shape index (κ1) is 10.6. The highest BCUT2D eigenvalue weighted by Gasteiger charge is 2.09. The van der Waals surface area contributed by atoms with Crippen molar-refractivity contribution in [2.75, 3.05) is 0 Å². The van der Waals surface area contributed by atoms with Gasteiger partial charge in [-0.05, 0) is 25.1 Å². The van der Waals surface area contributed by atoms with Gasteiger partial charge in [-0.2, -0.15) is 0 Å². The van der Waals surface area contributed by atoms with Crippen LogP contribution in [0.5, 0.6) is 0 Å². The lowest BCUT2D eigenvalue weighted by Crippen LogP contribution is -1.88. The molecule has 88 valence electrons. The average molecular weight is 238 g/mol. The molecule has 0 radical (unpaired) electrons. The number of hydrogen-bond acceptors (Lipinski definition) is 5. The Hall–Kier alpha value is -2.56. The summed E-state index contributed by atoms with van der Waals surface area (Å²) in [4.78, 5) is 12.4. The fourth-order valence-electron chi connectivity index (χ4n) is 1.64. The average Bonchev–Trinajstić information content (AvgIpc) is 2.89. The van der Waals surface area contributed by atoms with Crippen molar-refractivity contribution in [1.29, 1.82) is 0 Å². The molecule has 5 heteroatoms. The van der Waals surface area contributed by atoms with Gasteiger partial charge in [-0.15, -0.1) is 0 Å². The molecule has 18 heavy (non-hydrogen) atoms. The maximum Gasteiger partial charge on any atom is 0.185 e. The normalized spacial score (nSPS) is 10.5. The van der Waals surface area contributed by atoms with Gasteiger partial charge in [-0.25, -0.2) is 9.97 Å². The number of aryl methyl sites for hydroxylation is 1. The molecule has 0 aliphatic carbocycles. The summed E-state index contributed by atoms with van der Waals surface area (Å²) in [5, 5.41) is 4.02. The zero-order valence-electron chi connectivity index (χ0n) is 9.74. The van der Waals surface area contributed by atoms with Crippen LogP contribution in [-0.2, 0) is 0 Å². The second-order valence-corrected chi connectivity index (χ2v) is 3.81. The first-order valence-electron chi connectivity index (χ1n) is 5.50. The van der Waals surface area contributed by atoms with Crippen LogP contribution in [0.15, 0.2) is 47.4 Å². The first-order valence-corrected chi connectivity index (χ1v) is 5.50. The molecule has 0 atom stereocenters. The van der Waals surface area contributed by atoms with E-state index in [0.29, 0.717) is 11.6 Å². The Morgan fingerprint density at radius 3 is 2.83 bits per heavy atom. The molecule has 0 spiro atoms. The fraction of sp³-hybridized carbons (Fsp3) is 0.0769. The second-order valence-electron chi connectivity index (χ2n) is 3.81. The third-order valence-corrected chi connectivity index (χ3v) is 2.50. The van der Waals surface area contributed by atoms with Crippen LogP contribution in [0.1, 0.15) is 5.82 Å². The Morgan fingerprint density at radius 2 is 2.06 bits per heavy atom. The smallest absolute Gasteiger partial charge is 0.185 e. The quantitative estimate of drug-likeness (QED) is 0.686. The first-order chi connectivity index (χ1) is 8.83. The Bertz CT molecular complexity index is 664. The number of hydrogen-bond donors (Lipinski definition) is 0. The second kappa shape index (κ2) is 4.37. The molecule has 0 saturated carbocycles. The van der Waals surface area contributed by atoms with Gasteiger partial charge >= 0.3 is 0 Å². The van der Waals surface area contributed by atoms with E-state index in [4.69, 9.17) is 4.52 Å². The molecular formula is C13H10N4O. The van der Waals surface area contributed by atoms with E-state index in [0.717, 1.165) is 17.0 Å². The van der Waals surface area contributed by atoms with Crippen molar-refractivity contribution < 1.29 is 4.52 Å². The van der Waals surface area contributed by atoms with Crippen LogP contribution in [0.25, 0.3) is 22.7 Å². The van der Waals surface area contributed by atoms with Crippen LogP contribution in [0.2, 0.25) is 0 Å². The summed E-state index contributed by atoms with van der Waals surface area (Å²) in [6.07, 6.45) is 5.16. The monoisotopic (exact) mass is 238 g/mol. The van der Waals surface area contributed by atoms with Crippen molar-refractivity contribution in [3.63, 3.8) is 0 Å². The maximum absolute atomic E-state index is 5.29. The highest BCUT2D eigenvalue weighted by molar-refractivity contribution is 5.63. The van der Waals surface area contributed by atoms with E-state index in [1.807, 2.05) is 25.1 Å². The predicted molar refractivity (Wildman–Crippen MR) is 65.5 cm³/mol. The molecule has 3 aromatic rings. The lowest BCUT2D eigenvalue weighted by atomic mass is 10.2. The number of nitrogens with zero attached hydrogens (tertiary/aromatic N) is 4. The Balaban J connectivity index is 2.00. The van der Waals surface area contributed by atoms with Crippen molar-refractivity contribution in [3.05, 3.63) is 48.7 Å². The summed E-state index contributed by atoms with van der Waals surface area (Å²) in [7, 11) is 0. The molecule has 0 amide bonds. The largest absolute Gasteiger partial charge is 0.354 e. The van der Waals surface area contributed by atoms with Crippen molar-refractivity contribution >= 4 is 0 Å². The lowest BCUT2D eigenvalue weighted by Gasteiger charge is -1.94. The Morgan fingerprint density at radius 1 is 1.11 bits per heavy atom. The standard InChI is InChI=1S/C13H10N4O/c1-9-15-6-4-11(16-9)13-7-12(17-18-13)10-3-2-5-14-8-10/h2-8H,1H3. The zero-order valence-corrected chi connectivity index (χ0v) is 9.74. The van der Waals surface area contributed by atoms with Crippen molar-refractivity contribution in [1.82, 2.24) is 20.1 Å². The van der Waals surface area contributed by atoms with Crippen molar-refractivity contribution in [2.45, 2.75) is 6.92 Å². The molecule has 3 rings (SSSR count). The minimum Gasteiger partial charge on any atom is -0.354 e. The van der Waals surface area contributed by atoms with E-state index in [-0.39, 0.29) is 0 Å². The van der Waals surface area contributed by atoms with Crippen LogP contribution in [0.4, 0.5) is 0 Å². The van der Waals surface area contributed by atoms with Crippen LogP contribution < -0.4 is 0 Å². The lowest BCUT2D eigenvalue weighted by molar-refractivity contribution is 0.433. The molecule has 5 nitrogen and oxygen atoms in total. The molecule has 0 bridgehead atoms. The van der Waals surface area contributed by atoms with Gasteiger partial charge in [0.05, 0.1) is 0 Å². The van der Waals surface area contributed by atoms with E-state index in [9.17, 15) is 0 Å². The molecule has 0 unspecified atom stereocenters. The molecule has 0 fully saturated rings. The SMILES string of the molecule is Cc1nccc(-c2cc(-c3cccnc3)no2)n1. The summed E-state index contributed by atoms with van der Waals surface area (Å²) in [5.41, 5.74) is 2.39. The molecule has 3 heterocycles. The summed E-state index contributed by atoms with van der Waals surface area (Å²) in [6.45, 7) is 1.84. The summed E-state index contributed by atoms with van der Waals surface area (Å²) in [6, 6.07) is 7.43. The highest BCUT2D eigenvalue weighted by Crippen LogP contribution is 2.23. The van der Waals surface area contributed by atoms with Gasteiger partial charge in [0.15, 0.2) is 5.76 Å². The number of aromatic nitrogens is 4. The molecular weight excluding hydrogens is 228 g/mol. The van der Waals surface area contributed by atoms with Gasteiger partial charge < -0.3 is 4.52 Å². The van der Waals surface area contributed by atoms with Gasteiger partial charge in [-0.1, -0.05) is 5.16 Å². The molecule has 0 saturated heterocycles. The Labute approximate surface area is 104 Å². The van der Waals surface area contributed by atoms with Gasteiger partial charge in [-0.3, -0.25) is 4.98 Å². The zero-order chi connectivity index (χ0) is 12.4. The minimum absolute atomic E-state index is 0.624. The number of pyridine rings is 1. The van der Waals surface area contributed by atoms with E-state index >= 15 is 0 Å². The fourth-order valence-corrected chi connectivity index (χ4v) is 1.64. The van der Waals surface area contributed by atoms with E-state index in [1.165, 1.54) is 0 Å². The van der Waals surface area contributed by atoms with Crippen LogP contribution >= 0.6 is 0 Å². The number of rotatable bonds is 2. The van der Waals surface area contributed by atoms with Gasteiger partial charge in [0, 0.05) is 30.2 Å². The molecule has 0 N–H and O–H groups in total. The minimum atomic E-state index is 0.624. The predicted octanol–water partition coefficient (Wildman–Crippen LogP) is 2.50. The van der Waals surface area contributed by atoms with Crippen molar-refractivity contribution in [3.8, 4) is 22.7 Å². The van der Waals surface area contributed by atoms with Crippen LogP contribution in [0, 0.1) is 6.92 Å². The summed E-state index contributed by atoms with van der Waals surface area (Å²) < 4.78 is 5.29. The van der Waals surface area contributed by atoms with E-state index in [2.05, 4.69) is 20.1 Å². The third-order valence-electron chi connectivity index (χ3n) is 2.50. The molecule has 3 aromatic heterocycles. The summed E-state index contributed by atoms with van der Waals surface area (Å²) >= 11 is 0. The molecule has 0 aliphatic heterocycles. The van der Waals surface area contributed by atoms with E-state index in [1.54, 1.807) is 24.7 Å². The van der Waals surface area contributed by atoms with Gasteiger partial charge in [0.25, 0.3) is 0 Å².